The molecule has 0 aliphatic heterocycles. The summed E-state index contributed by atoms with van der Waals surface area (Å²) in [5, 5.41) is 0. The summed E-state index contributed by atoms with van der Waals surface area (Å²) in [4.78, 5) is 4.54. The van der Waals surface area contributed by atoms with Crippen LogP contribution in [0.5, 0.6) is 0 Å². The molecule has 2 heteroatoms. The Morgan fingerprint density at radius 2 is 1.82 bits per heavy atom. The third-order valence-corrected chi connectivity index (χ3v) is 2.85. The molecule has 3 aromatic rings. The molecule has 0 spiro atoms. The molecule has 2 aromatic carbocycles. The highest BCUT2D eigenvalue weighted by molar-refractivity contribution is 5.90. The number of aromatic nitrogens is 1. The number of aryl methyl sites for hydroxylation is 1. The van der Waals surface area contributed by atoms with Crippen molar-refractivity contribution in [3.8, 4) is 11.1 Å². The molecule has 0 bridgehead atoms. The van der Waals surface area contributed by atoms with Crippen LogP contribution in [0, 0.1) is 0 Å². The van der Waals surface area contributed by atoms with E-state index in [1.165, 1.54) is 5.56 Å². The zero-order chi connectivity index (χ0) is 11.7. The van der Waals surface area contributed by atoms with Crippen LogP contribution in [0.15, 0.2) is 52.9 Å². The Labute approximate surface area is 99.9 Å². The molecule has 0 aliphatic carbocycles. The van der Waals surface area contributed by atoms with Crippen molar-refractivity contribution in [2.75, 3.05) is 0 Å². The second-order valence-electron chi connectivity index (χ2n) is 3.98. The Hall–Kier alpha value is -2.09. The maximum Gasteiger partial charge on any atom is 0.195 e. The first-order valence-electron chi connectivity index (χ1n) is 5.82. The van der Waals surface area contributed by atoms with Gasteiger partial charge >= 0.3 is 0 Å². The zero-order valence-electron chi connectivity index (χ0n) is 9.68. The third kappa shape index (κ3) is 1.72. The molecule has 0 saturated heterocycles. The Kier molecular flexibility index (Phi) is 2.41. The van der Waals surface area contributed by atoms with Crippen LogP contribution < -0.4 is 0 Å². The van der Waals surface area contributed by atoms with Crippen molar-refractivity contribution in [1.82, 2.24) is 4.98 Å². The molecule has 0 fully saturated rings. The highest BCUT2D eigenvalue weighted by Gasteiger charge is 2.09. The number of fused-ring (bicyclic) bond motifs is 1. The molecule has 1 aromatic heterocycles. The van der Waals surface area contributed by atoms with E-state index < -0.39 is 0 Å². The number of para-hydroxylation sites is 1. The largest absolute Gasteiger partial charge is 0.441 e. The molecule has 84 valence electrons. The standard InChI is InChI=1S/C15H13NO/c1-2-14-16-15-12(9-6-10-13(15)17-14)11-7-4-3-5-8-11/h3-10H,2H2,1H3. The van der Waals surface area contributed by atoms with Gasteiger partial charge in [-0.1, -0.05) is 49.4 Å². The van der Waals surface area contributed by atoms with Gasteiger partial charge in [-0.15, -0.1) is 0 Å². The summed E-state index contributed by atoms with van der Waals surface area (Å²) in [5.41, 5.74) is 4.12. The second kappa shape index (κ2) is 4.06. The average Bonchev–Trinajstić information content (AvgIpc) is 2.82. The molecule has 0 unspecified atom stereocenters. The van der Waals surface area contributed by atoms with Crippen molar-refractivity contribution in [1.29, 1.82) is 0 Å². The SMILES string of the molecule is CCc1nc2c(-c3ccccc3)cccc2o1. The summed E-state index contributed by atoms with van der Waals surface area (Å²) in [6, 6.07) is 16.3. The minimum Gasteiger partial charge on any atom is -0.441 e. The third-order valence-electron chi connectivity index (χ3n) is 2.85. The molecule has 0 N–H and O–H groups in total. The minimum absolute atomic E-state index is 0.795. The molecular formula is C15H13NO. The van der Waals surface area contributed by atoms with Crippen LogP contribution in [-0.4, -0.2) is 4.98 Å². The summed E-state index contributed by atoms with van der Waals surface area (Å²) >= 11 is 0. The van der Waals surface area contributed by atoms with Crippen molar-refractivity contribution in [2.45, 2.75) is 13.3 Å². The van der Waals surface area contributed by atoms with Crippen LogP contribution in [0.25, 0.3) is 22.2 Å². The van der Waals surface area contributed by atoms with Crippen LogP contribution in [0.2, 0.25) is 0 Å². The fourth-order valence-corrected chi connectivity index (χ4v) is 2.00. The van der Waals surface area contributed by atoms with Crippen LogP contribution in [0.3, 0.4) is 0 Å². The van der Waals surface area contributed by atoms with Crippen molar-refractivity contribution in [3.63, 3.8) is 0 Å². The average molecular weight is 223 g/mol. The van der Waals surface area contributed by atoms with Crippen molar-refractivity contribution in [2.24, 2.45) is 0 Å². The van der Waals surface area contributed by atoms with Crippen molar-refractivity contribution < 1.29 is 4.42 Å². The lowest BCUT2D eigenvalue weighted by Gasteiger charge is -2.00. The summed E-state index contributed by atoms with van der Waals surface area (Å²) in [7, 11) is 0. The van der Waals surface area contributed by atoms with Crippen molar-refractivity contribution in [3.05, 3.63) is 54.4 Å². The molecule has 0 radical (unpaired) electrons. The number of hydrogen-bond donors (Lipinski definition) is 0. The van der Waals surface area contributed by atoms with Gasteiger partial charge in [0, 0.05) is 12.0 Å². The number of nitrogens with zero attached hydrogens (tertiary/aromatic N) is 1. The molecule has 0 amide bonds. The smallest absolute Gasteiger partial charge is 0.195 e. The Morgan fingerprint density at radius 3 is 2.59 bits per heavy atom. The monoisotopic (exact) mass is 223 g/mol. The highest BCUT2D eigenvalue weighted by atomic mass is 16.3. The van der Waals surface area contributed by atoms with E-state index >= 15 is 0 Å². The lowest BCUT2D eigenvalue weighted by Crippen LogP contribution is -1.81. The van der Waals surface area contributed by atoms with Gasteiger partial charge in [-0.05, 0) is 11.6 Å². The van der Waals surface area contributed by atoms with Gasteiger partial charge in [0.2, 0.25) is 0 Å². The van der Waals surface area contributed by atoms with E-state index in [1.807, 2.05) is 37.3 Å². The topological polar surface area (TPSA) is 26.0 Å². The van der Waals surface area contributed by atoms with Gasteiger partial charge in [-0.3, -0.25) is 0 Å². The molecule has 17 heavy (non-hydrogen) atoms. The van der Waals surface area contributed by atoms with Crippen LogP contribution in [0.1, 0.15) is 12.8 Å². The lowest BCUT2D eigenvalue weighted by molar-refractivity contribution is 0.538. The van der Waals surface area contributed by atoms with E-state index in [1.54, 1.807) is 0 Å². The molecule has 3 rings (SSSR count). The lowest BCUT2D eigenvalue weighted by atomic mass is 10.0. The first kappa shape index (κ1) is 10.1. The molecule has 0 atom stereocenters. The minimum atomic E-state index is 0.795. The van der Waals surface area contributed by atoms with E-state index in [9.17, 15) is 0 Å². The van der Waals surface area contributed by atoms with Gasteiger partial charge in [-0.25, -0.2) is 4.98 Å². The van der Waals surface area contributed by atoms with Gasteiger partial charge in [0.15, 0.2) is 11.5 Å². The van der Waals surface area contributed by atoms with Gasteiger partial charge in [-0.2, -0.15) is 0 Å². The maximum atomic E-state index is 5.67. The van der Waals surface area contributed by atoms with Crippen molar-refractivity contribution >= 4 is 11.1 Å². The predicted octanol–water partition coefficient (Wildman–Crippen LogP) is 4.06. The summed E-state index contributed by atoms with van der Waals surface area (Å²) in [6.45, 7) is 2.05. The summed E-state index contributed by atoms with van der Waals surface area (Å²) in [6.07, 6.45) is 0.822. The van der Waals surface area contributed by atoms with Crippen LogP contribution in [-0.2, 0) is 6.42 Å². The zero-order valence-corrected chi connectivity index (χ0v) is 9.68. The Morgan fingerprint density at radius 1 is 1.00 bits per heavy atom. The first-order valence-corrected chi connectivity index (χ1v) is 5.82. The van der Waals surface area contributed by atoms with E-state index in [-0.39, 0.29) is 0 Å². The molecular weight excluding hydrogens is 210 g/mol. The summed E-state index contributed by atoms with van der Waals surface area (Å²) in [5.74, 6) is 0.795. The van der Waals surface area contributed by atoms with E-state index in [0.29, 0.717) is 0 Å². The number of rotatable bonds is 2. The Balaban J connectivity index is 2.26. The van der Waals surface area contributed by atoms with E-state index in [2.05, 4.69) is 23.2 Å². The van der Waals surface area contributed by atoms with Gasteiger partial charge in [0.25, 0.3) is 0 Å². The highest BCUT2D eigenvalue weighted by Crippen LogP contribution is 2.28. The second-order valence-corrected chi connectivity index (χ2v) is 3.98. The number of benzene rings is 2. The molecule has 0 saturated carbocycles. The van der Waals surface area contributed by atoms with Crippen LogP contribution in [0.4, 0.5) is 0 Å². The van der Waals surface area contributed by atoms with Gasteiger partial charge in [0.05, 0.1) is 0 Å². The number of oxazole rings is 1. The predicted molar refractivity (Wildman–Crippen MR) is 68.8 cm³/mol. The fourth-order valence-electron chi connectivity index (χ4n) is 2.00. The molecule has 1 heterocycles. The van der Waals surface area contributed by atoms with Crippen LogP contribution >= 0.6 is 0 Å². The first-order chi connectivity index (χ1) is 8.38. The fraction of sp³-hybridized carbons (Fsp3) is 0.133. The molecule has 2 nitrogen and oxygen atoms in total. The normalized spacial score (nSPS) is 10.9. The number of hydrogen-bond acceptors (Lipinski definition) is 2. The van der Waals surface area contributed by atoms with Gasteiger partial charge in [0.1, 0.15) is 5.52 Å². The van der Waals surface area contributed by atoms with E-state index in [0.717, 1.165) is 29.0 Å². The van der Waals surface area contributed by atoms with E-state index in [4.69, 9.17) is 4.42 Å². The van der Waals surface area contributed by atoms with Gasteiger partial charge < -0.3 is 4.42 Å². The Bertz CT molecular complexity index is 640. The molecule has 0 aliphatic rings. The maximum absolute atomic E-state index is 5.67. The summed E-state index contributed by atoms with van der Waals surface area (Å²) < 4.78 is 5.67. The quantitative estimate of drug-likeness (QED) is 0.654.